The molecule has 6 nitrogen and oxygen atoms in total. The Morgan fingerprint density at radius 2 is 1.89 bits per heavy atom. The molecule has 0 atom stereocenters. The summed E-state index contributed by atoms with van der Waals surface area (Å²) in [6, 6.07) is 0.128. The first-order chi connectivity index (χ1) is 8.67. The first-order valence-corrected chi connectivity index (χ1v) is 6.46. The standard InChI is InChI=1S/C12H22N2O4/c1-3-17-9-11(15)13-10-5-7-14(8-6-10)12(16)18-4-2/h10H,3-9H2,1-2H3,(H,13,15). The summed E-state index contributed by atoms with van der Waals surface area (Å²) in [6.07, 6.45) is 1.25. The number of carbonyl (C=O) groups excluding carboxylic acids is 2. The number of piperidine rings is 1. The van der Waals surface area contributed by atoms with Crippen molar-refractivity contribution in [3.05, 3.63) is 0 Å². The summed E-state index contributed by atoms with van der Waals surface area (Å²) in [5.74, 6) is -0.0913. The van der Waals surface area contributed by atoms with Crippen LogP contribution in [-0.4, -0.2) is 55.9 Å². The monoisotopic (exact) mass is 258 g/mol. The van der Waals surface area contributed by atoms with Crippen molar-refractivity contribution in [3.8, 4) is 0 Å². The van der Waals surface area contributed by atoms with Crippen LogP contribution >= 0.6 is 0 Å². The number of amides is 2. The SMILES string of the molecule is CCOCC(=O)NC1CCN(C(=O)OCC)CC1. The molecule has 0 aromatic carbocycles. The van der Waals surface area contributed by atoms with Gasteiger partial charge in [0.2, 0.25) is 5.91 Å². The van der Waals surface area contributed by atoms with E-state index in [0.717, 1.165) is 12.8 Å². The lowest BCUT2D eigenvalue weighted by atomic mass is 10.1. The van der Waals surface area contributed by atoms with Gasteiger partial charge in [0.1, 0.15) is 6.61 Å². The van der Waals surface area contributed by atoms with Crippen molar-refractivity contribution in [1.82, 2.24) is 10.2 Å². The van der Waals surface area contributed by atoms with E-state index in [1.807, 2.05) is 6.92 Å². The molecule has 1 aliphatic rings. The van der Waals surface area contributed by atoms with E-state index in [1.165, 1.54) is 0 Å². The highest BCUT2D eigenvalue weighted by molar-refractivity contribution is 5.77. The summed E-state index contributed by atoms with van der Waals surface area (Å²) in [7, 11) is 0. The van der Waals surface area contributed by atoms with Crippen molar-refractivity contribution in [2.45, 2.75) is 32.7 Å². The minimum absolute atomic E-state index is 0.0913. The number of hydrogen-bond acceptors (Lipinski definition) is 4. The van der Waals surface area contributed by atoms with E-state index < -0.39 is 0 Å². The highest BCUT2D eigenvalue weighted by Gasteiger charge is 2.24. The summed E-state index contributed by atoms with van der Waals surface area (Å²) in [6.45, 7) is 5.92. The van der Waals surface area contributed by atoms with Gasteiger partial charge in [0.05, 0.1) is 6.61 Å². The molecular formula is C12H22N2O4. The van der Waals surface area contributed by atoms with Gasteiger partial charge >= 0.3 is 6.09 Å². The third kappa shape index (κ3) is 4.91. The fourth-order valence-corrected chi connectivity index (χ4v) is 1.89. The van der Waals surface area contributed by atoms with Crippen LogP contribution in [0.5, 0.6) is 0 Å². The Kier molecular flexibility index (Phi) is 6.49. The largest absolute Gasteiger partial charge is 0.450 e. The smallest absolute Gasteiger partial charge is 0.409 e. The predicted molar refractivity (Wildman–Crippen MR) is 66.3 cm³/mol. The van der Waals surface area contributed by atoms with Gasteiger partial charge in [-0.2, -0.15) is 0 Å². The van der Waals surface area contributed by atoms with Crippen molar-refractivity contribution < 1.29 is 19.1 Å². The van der Waals surface area contributed by atoms with E-state index >= 15 is 0 Å². The van der Waals surface area contributed by atoms with Gasteiger partial charge in [-0.05, 0) is 26.7 Å². The van der Waals surface area contributed by atoms with Crippen molar-refractivity contribution in [1.29, 1.82) is 0 Å². The van der Waals surface area contributed by atoms with Gasteiger partial charge in [0, 0.05) is 25.7 Å². The Morgan fingerprint density at radius 1 is 1.22 bits per heavy atom. The summed E-state index contributed by atoms with van der Waals surface area (Å²) in [5.41, 5.74) is 0. The summed E-state index contributed by atoms with van der Waals surface area (Å²) < 4.78 is 9.96. The minimum Gasteiger partial charge on any atom is -0.450 e. The molecule has 18 heavy (non-hydrogen) atoms. The quantitative estimate of drug-likeness (QED) is 0.790. The molecular weight excluding hydrogens is 236 g/mol. The van der Waals surface area contributed by atoms with E-state index in [0.29, 0.717) is 26.3 Å². The minimum atomic E-state index is -0.267. The van der Waals surface area contributed by atoms with E-state index in [4.69, 9.17) is 9.47 Å². The van der Waals surface area contributed by atoms with Crippen LogP contribution in [0.1, 0.15) is 26.7 Å². The second-order valence-electron chi connectivity index (χ2n) is 4.16. The van der Waals surface area contributed by atoms with Crippen molar-refractivity contribution in [2.24, 2.45) is 0 Å². The molecule has 0 bridgehead atoms. The number of rotatable bonds is 5. The second kappa shape index (κ2) is 7.92. The zero-order valence-corrected chi connectivity index (χ0v) is 11.1. The third-order valence-corrected chi connectivity index (χ3v) is 2.82. The van der Waals surface area contributed by atoms with Gasteiger partial charge in [-0.25, -0.2) is 4.79 Å². The highest BCUT2D eigenvalue weighted by Crippen LogP contribution is 2.11. The van der Waals surface area contributed by atoms with Gasteiger partial charge in [-0.15, -0.1) is 0 Å². The van der Waals surface area contributed by atoms with Crippen molar-refractivity contribution in [3.63, 3.8) is 0 Å². The normalized spacial score (nSPS) is 16.4. The maximum absolute atomic E-state index is 11.5. The molecule has 0 spiro atoms. The van der Waals surface area contributed by atoms with Crippen molar-refractivity contribution in [2.75, 3.05) is 32.9 Å². The molecule has 0 saturated carbocycles. The maximum atomic E-state index is 11.5. The van der Waals surface area contributed by atoms with Crippen LogP contribution in [0, 0.1) is 0 Å². The fraction of sp³-hybridized carbons (Fsp3) is 0.833. The zero-order valence-electron chi connectivity index (χ0n) is 11.1. The van der Waals surface area contributed by atoms with Crippen LogP contribution in [-0.2, 0) is 14.3 Å². The molecule has 104 valence electrons. The average molecular weight is 258 g/mol. The molecule has 0 aromatic rings. The van der Waals surface area contributed by atoms with Crippen LogP contribution in [0.25, 0.3) is 0 Å². The first kappa shape index (κ1) is 14.8. The molecule has 1 N–H and O–H groups in total. The van der Waals surface area contributed by atoms with Gasteiger partial charge in [-0.1, -0.05) is 0 Å². The Morgan fingerprint density at radius 3 is 2.44 bits per heavy atom. The molecule has 2 amide bonds. The number of nitrogens with zero attached hydrogens (tertiary/aromatic N) is 1. The molecule has 1 fully saturated rings. The number of ether oxygens (including phenoxy) is 2. The van der Waals surface area contributed by atoms with E-state index in [2.05, 4.69) is 5.32 Å². The summed E-state index contributed by atoms with van der Waals surface area (Å²) >= 11 is 0. The Balaban J connectivity index is 2.22. The fourth-order valence-electron chi connectivity index (χ4n) is 1.89. The molecule has 0 radical (unpaired) electrons. The maximum Gasteiger partial charge on any atom is 0.409 e. The molecule has 1 rings (SSSR count). The Labute approximate surface area is 108 Å². The van der Waals surface area contributed by atoms with Gasteiger partial charge in [0.15, 0.2) is 0 Å². The van der Waals surface area contributed by atoms with E-state index in [-0.39, 0.29) is 24.6 Å². The van der Waals surface area contributed by atoms with Gasteiger partial charge < -0.3 is 19.7 Å². The molecule has 0 aromatic heterocycles. The number of nitrogens with one attached hydrogen (secondary N) is 1. The van der Waals surface area contributed by atoms with Gasteiger partial charge in [0.25, 0.3) is 0 Å². The molecule has 1 saturated heterocycles. The third-order valence-electron chi connectivity index (χ3n) is 2.82. The zero-order chi connectivity index (χ0) is 13.4. The van der Waals surface area contributed by atoms with Crippen LogP contribution in [0.3, 0.4) is 0 Å². The molecule has 1 heterocycles. The summed E-state index contributed by atoms with van der Waals surface area (Å²) in [4.78, 5) is 24.6. The topological polar surface area (TPSA) is 67.9 Å². The number of likely N-dealkylation sites (tertiary alicyclic amines) is 1. The van der Waals surface area contributed by atoms with Crippen LogP contribution in [0.4, 0.5) is 4.79 Å². The Bertz CT molecular complexity index is 275. The lowest BCUT2D eigenvalue weighted by molar-refractivity contribution is -0.126. The van der Waals surface area contributed by atoms with Crippen LogP contribution in [0.2, 0.25) is 0 Å². The lowest BCUT2D eigenvalue weighted by Gasteiger charge is -2.31. The highest BCUT2D eigenvalue weighted by atomic mass is 16.6. The molecule has 0 aliphatic carbocycles. The molecule has 1 aliphatic heterocycles. The number of carbonyl (C=O) groups is 2. The van der Waals surface area contributed by atoms with E-state index in [1.54, 1.807) is 11.8 Å². The van der Waals surface area contributed by atoms with Crippen molar-refractivity contribution >= 4 is 12.0 Å². The molecule has 0 unspecified atom stereocenters. The average Bonchev–Trinajstić information content (AvgIpc) is 2.37. The van der Waals surface area contributed by atoms with Gasteiger partial charge in [-0.3, -0.25) is 4.79 Å². The number of hydrogen-bond donors (Lipinski definition) is 1. The predicted octanol–water partition coefficient (Wildman–Crippen LogP) is 0.760. The van der Waals surface area contributed by atoms with Crippen LogP contribution in [0.15, 0.2) is 0 Å². The lowest BCUT2D eigenvalue weighted by Crippen LogP contribution is -2.47. The Hall–Kier alpha value is -1.30. The molecule has 6 heteroatoms. The summed E-state index contributed by atoms with van der Waals surface area (Å²) in [5, 5.41) is 2.90. The van der Waals surface area contributed by atoms with E-state index in [9.17, 15) is 9.59 Å². The second-order valence-corrected chi connectivity index (χ2v) is 4.16. The first-order valence-electron chi connectivity index (χ1n) is 6.46. The van der Waals surface area contributed by atoms with Crippen LogP contribution < -0.4 is 5.32 Å².